The lowest BCUT2D eigenvalue weighted by molar-refractivity contribution is -0.132. The molecule has 0 fully saturated rings. The van der Waals surface area contributed by atoms with Crippen molar-refractivity contribution in [3.8, 4) is 16.3 Å². The average Bonchev–Trinajstić information content (AvgIpc) is 3.06. The van der Waals surface area contributed by atoms with Crippen molar-refractivity contribution in [1.82, 2.24) is 15.5 Å². The van der Waals surface area contributed by atoms with Crippen LogP contribution in [0.5, 0.6) is 5.75 Å². The second-order valence-corrected chi connectivity index (χ2v) is 8.56. The Morgan fingerprint density at radius 3 is 2.48 bits per heavy atom. The fourth-order valence-electron chi connectivity index (χ4n) is 2.22. The Hall–Kier alpha value is -2.48. The first-order valence-corrected chi connectivity index (χ1v) is 9.53. The number of carbonyl (C=O) groups excluding carboxylic acids is 2. The van der Waals surface area contributed by atoms with Gasteiger partial charge in [0.05, 0.1) is 7.11 Å². The molecule has 0 spiro atoms. The van der Waals surface area contributed by atoms with Crippen molar-refractivity contribution in [1.29, 1.82) is 0 Å². The number of aromatic nitrogens is 2. The molecule has 0 aliphatic heterocycles. The highest BCUT2D eigenvalue weighted by Crippen LogP contribution is 2.29. The first-order valence-electron chi connectivity index (χ1n) is 8.71. The SMILES string of the molecule is COc1cccc(-c2nnc(NC(=O)[C@@H](NC(=O)C(C)(C)C)C(C)C)s2)c1. The van der Waals surface area contributed by atoms with Gasteiger partial charge in [-0.2, -0.15) is 0 Å². The summed E-state index contributed by atoms with van der Waals surface area (Å²) < 4.78 is 5.22. The summed E-state index contributed by atoms with van der Waals surface area (Å²) in [5.74, 6) is 0.168. The van der Waals surface area contributed by atoms with E-state index in [4.69, 9.17) is 4.74 Å². The molecule has 27 heavy (non-hydrogen) atoms. The van der Waals surface area contributed by atoms with Crippen LogP contribution in [0.4, 0.5) is 5.13 Å². The van der Waals surface area contributed by atoms with Gasteiger partial charge in [-0.15, -0.1) is 10.2 Å². The first-order chi connectivity index (χ1) is 12.6. The van der Waals surface area contributed by atoms with E-state index in [1.165, 1.54) is 11.3 Å². The number of anilines is 1. The van der Waals surface area contributed by atoms with E-state index < -0.39 is 11.5 Å². The summed E-state index contributed by atoms with van der Waals surface area (Å²) in [4.78, 5) is 24.9. The highest BCUT2D eigenvalue weighted by Gasteiger charge is 2.30. The first kappa shape index (κ1) is 20.8. The second kappa shape index (κ2) is 8.47. The smallest absolute Gasteiger partial charge is 0.249 e. The molecular formula is C19H26N4O3S. The van der Waals surface area contributed by atoms with E-state index in [2.05, 4.69) is 20.8 Å². The molecule has 0 aliphatic carbocycles. The maximum Gasteiger partial charge on any atom is 0.249 e. The lowest BCUT2D eigenvalue weighted by Crippen LogP contribution is -2.50. The summed E-state index contributed by atoms with van der Waals surface area (Å²) in [5, 5.41) is 14.8. The zero-order chi connectivity index (χ0) is 20.2. The number of hydrogen-bond donors (Lipinski definition) is 2. The molecular weight excluding hydrogens is 364 g/mol. The molecule has 1 aromatic heterocycles. The Morgan fingerprint density at radius 1 is 1.19 bits per heavy atom. The number of nitrogens with one attached hydrogen (secondary N) is 2. The molecule has 2 amide bonds. The van der Waals surface area contributed by atoms with Crippen LogP contribution in [0.1, 0.15) is 34.6 Å². The largest absolute Gasteiger partial charge is 0.497 e. The lowest BCUT2D eigenvalue weighted by Gasteiger charge is -2.25. The van der Waals surface area contributed by atoms with Crippen molar-refractivity contribution in [2.45, 2.75) is 40.7 Å². The van der Waals surface area contributed by atoms with Crippen LogP contribution in [0.25, 0.3) is 10.6 Å². The molecule has 0 saturated heterocycles. The van der Waals surface area contributed by atoms with Crippen LogP contribution in [0.2, 0.25) is 0 Å². The van der Waals surface area contributed by atoms with Crippen LogP contribution in [0.3, 0.4) is 0 Å². The molecule has 0 bridgehead atoms. The molecule has 2 N–H and O–H groups in total. The molecule has 0 unspecified atom stereocenters. The molecule has 1 heterocycles. The van der Waals surface area contributed by atoms with Gasteiger partial charge in [0.2, 0.25) is 16.9 Å². The third-order valence-corrected chi connectivity index (χ3v) is 4.78. The van der Waals surface area contributed by atoms with Gasteiger partial charge < -0.3 is 10.1 Å². The van der Waals surface area contributed by atoms with E-state index >= 15 is 0 Å². The summed E-state index contributed by atoms with van der Waals surface area (Å²) in [5.41, 5.74) is 0.282. The summed E-state index contributed by atoms with van der Waals surface area (Å²) in [6.07, 6.45) is 0. The van der Waals surface area contributed by atoms with Crippen LogP contribution in [0.15, 0.2) is 24.3 Å². The fraction of sp³-hybridized carbons (Fsp3) is 0.474. The van der Waals surface area contributed by atoms with E-state index in [1.54, 1.807) is 7.11 Å². The molecule has 8 heteroatoms. The van der Waals surface area contributed by atoms with Gasteiger partial charge in [-0.1, -0.05) is 58.1 Å². The van der Waals surface area contributed by atoms with E-state index in [9.17, 15) is 9.59 Å². The monoisotopic (exact) mass is 390 g/mol. The minimum Gasteiger partial charge on any atom is -0.497 e. The minimum absolute atomic E-state index is 0.0675. The number of rotatable bonds is 6. The lowest BCUT2D eigenvalue weighted by atomic mass is 9.93. The third-order valence-electron chi connectivity index (χ3n) is 3.89. The molecule has 146 valence electrons. The van der Waals surface area contributed by atoms with E-state index in [0.717, 1.165) is 11.3 Å². The summed E-state index contributed by atoms with van der Waals surface area (Å²) in [6.45, 7) is 9.19. The normalized spacial score (nSPS) is 12.6. The maximum atomic E-state index is 12.7. The van der Waals surface area contributed by atoms with Crippen LogP contribution in [-0.2, 0) is 9.59 Å². The maximum absolute atomic E-state index is 12.7. The van der Waals surface area contributed by atoms with Crippen molar-refractivity contribution in [2.75, 3.05) is 12.4 Å². The van der Waals surface area contributed by atoms with Crippen molar-refractivity contribution < 1.29 is 14.3 Å². The van der Waals surface area contributed by atoms with Gasteiger partial charge in [-0.25, -0.2) is 0 Å². The second-order valence-electron chi connectivity index (χ2n) is 7.58. The van der Waals surface area contributed by atoms with Gasteiger partial charge in [0, 0.05) is 11.0 Å². The Morgan fingerprint density at radius 2 is 1.89 bits per heavy atom. The highest BCUT2D eigenvalue weighted by molar-refractivity contribution is 7.18. The van der Waals surface area contributed by atoms with Crippen LogP contribution in [-0.4, -0.2) is 35.2 Å². The number of ether oxygens (including phenoxy) is 1. The molecule has 1 aromatic carbocycles. The van der Waals surface area contributed by atoms with Gasteiger partial charge >= 0.3 is 0 Å². The predicted molar refractivity (Wildman–Crippen MR) is 107 cm³/mol. The zero-order valence-corrected chi connectivity index (χ0v) is 17.3. The van der Waals surface area contributed by atoms with Crippen molar-refractivity contribution in [2.24, 2.45) is 11.3 Å². The van der Waals surface area contributed by atoms with Crippen molar-refractivity contribution >= 4 is 28.3 Å². The average molecular weight is 391 g/mol. The van der Waals surface area contributed by atoms with Gasteiger partial charge in [0.25, 0.3) is 0 Å². The Kier molecular flexibility index (Phi) is 6.54. The number of methoxy groups -OCH3 is 1. The predicted octanol–water partition coefficient (Wildman–Crippen LogP) is 3.34. The Labute approximate surface area is 163 Å². The number of nitrogens with zero attached hydrogens (tertiary/aromatic N) is 2. The molecule has 0 radical (unpaired) electrons. The number of hydrogen-bond acceptors (Lipinski definition) is 6. The Bertz CT molecular complexity index is 811. The topological polar surface area (TPSA) is 93.2 Å². The Balaban J connectivity index is 2.12. The van der Waals surface area contributed by atoms with E-state index in [0.29, 0.717) is 10.1 Å². The van der Waals surface area contributed by atoms with Crippen molar-refractivity contribution in [3.63, 3.8) is 0 Å². The third kappa shape index (κ3) is 5.50. The van der Waals surface area contributed by atoms with Crippen LogP contribution < -0.4 is 15.4 Å². The highest BCUT2D eigenvalue weighted by atomic mass is 32.1. The van der Waals surface area contributed by atoms with Crippen LogP contribution >= 0.6 is 11.3 Å². The number of carbonyl (C=O) groups is 2. The van der Waals surface area contributed by atoms with Gasteiger partial charge in [0.15, 0.2) is 0 Å². The van der Waals surface area contributed by atoms with Crippen molar-refractivity contribution in [3.05, 3.63) is 24.3 Å². The molecule has 7 nitrogen and oxygen atoms in total. The molecule has 2 aromatic rings. The quantitative estimate of drug-likeness (QED) is 0.789. The summed E-state index contributed by atoms with van der Waals surface area (Å²) in [7, 11) is 1.60. The standard InChI is InChI=1S/C19H26N4O3S/c1-11(2)14(20-17(25)19(3,4)5)15(24)21-18-23-22-16(27-18)12-8-7-9-13(10-12)26-6/h7-11,14H,1-6H3,(H,20,25)(H,21,23,24)/t14-/m0/s1. The molecule has 0 saturated carbocycles. The van der Waals surface area contributed by atoms with E-state index in [-0.39, 0.29) is 17.7 Å². The van der Waals surface area contributed by atoms with Gasteiger partial charge in [-0.05, 0) is 18.1 Å². The van der Waals surface area contributed by atoms with Crippen LogP contribution in [0, 0.1) is 11.3 Å². The van der Waals surface area contributed by atoms with Gasteiger partial charge in [-0.3, -0.25) is 14.9 Å². The summed E-state index contributed by atoms with van der Waals surface area (Å²) >= 11 is 1.26. The summed E-state index contributed by atoms with van der Waals surface area (Å²) in [6, 6.07) is 6.81. The minimum atomic E-state index is -0.652. The fourth-order valence-corrected chi connectivity index (χ4v) is 2.97. The zero-order valence-electron chi connectivity index (χ0n) is 16.5. The van der Waals surface area contributed by atoms with E-state index in [1.807, 2.05) is 58.9 Å². The molecule has 2 rings (SSSR count). The van der Waals surface area contributed by atoms with Gasteiger partial charge in [0.1, 0.15) is 16.8 Å². The number of benzene rings is 1. The molecule has 0 aliphatic rings. The molecule has 1 atom stereocenters. The number of amides is 2.